The summed E-state index contributed by atoms with van der Waals surface area (Å²) in [5.74, 6) is -0.750. The lowest BCUT2D eigenvalue weighted by Crippen LogP contribution is -2.26. The Morgan fingerprint density at radius 3 is 2.77 bits per heavy atom. The Hall–Kier alpha value is -1.60. The third kappa shape index (κ3) is 3.88. The molecule has 0 fully saturated rings. The van der Waals surface area contributed by atoms with E-state index in [2.05, 4.69) is 10.2 Å². The maximum atomic E-state index is 12.6. The molecular formula is C18H18Cl2N2O3S. The monoisotopic (exact) mass is 412 g/mol. The Kier molecular flexibility index (Phi) is 5.87. The second kappa shape index (κ2) is 7.96. The highest BCUT2D eigenvalue weighted by Crippen LogP contribution is 2.37. The molecule has 0 aliphatic carbocycles. The number of esters is 1. The lowest BCUT2D eigenvalue weighted by Gasteiger charge is -2.22. The second-order valence-corrected chi connectivity index (χ2v) is 7.92. The Labute approximate surface area is 165 Å². The van der Waals surface area contributed by atoms with E-state index in [0.29, 0.717) is 26.2 Å². The van der Waals surface area contributed by atoms with Crippen molar-refractivity contribution < 1.29 is 14.3 Å². The summed E-state index contributed by atoms with van der Waals surface area (Å²) in [6, 6.07) is 4.67. The van der Waals surface area contributed by atoms with Crippen LogP contribution < -0.4 is 5.32 Å². The molecule has 0 saturated heterocycles. The number of rotatable bonds is 4. The van der Waals surface area contributed by atoms with Gasteiger partial charge < -0.3 is 15.0 Å². The number of hydrogen-bond donors (Lipinski definition) is 1. The fourth-order valence-electron chi connectivity index (χ4n) is 2.85. The van der Waals surface area contributed by atoms with Crippen molar-refractivity contribution in [2.45, 2.75) is 19.9 Å². The van der Waals surface area contributed by atoms with Crippen molar-refractivity contribution in [3.8, 4) is 0 Å². The third-order valence-electron chi connectivity index (χ3n) is 4.14. The highest BCUT2D eigenvalue weighted by Gasteiger charge is 2.28. The summed E-state index contributed by atoms with van der Waals surface area (Å²) in [6.07, 6.45) is 0.749. The van der Waals surface area contributed by atoms with Crippen LogP contribution in [-0.2, 0) is 17.7 Å². The van der Waals surface area contributed by atoms with E-state index < -0.39 is 5.97 Å². The molecule has 1 aliphatic rings. The van der Waals surface area contributed by atoms with Crippen molar-refractivity contribution in [2.75, 3.05) is 25.5 Å². The average Bonchev–Trinajstić information content (AvgIpc) is 2.94. The molecule has 26 heavy (non-hydrogen) atoms. The van der Waals surface area contributed by atoms with Crippen molar-refractivity contribution in [3.63, 3.8) is 0 Å². The standard InChI is InChI=1S/C18H18Cl2N2O3S/c1-3-25-18(24)15-11-6-7-22(2)9-14(11)26-17(15)21-16(23)10-4-5-12(19)13(20)8-10/h4-5,8H,3,6-7,9H2,1-2H3,(H,21,23). The molecular weight excluding hydrogens is 395 g/mol. The van der Waals surface area contributed by atoms with Gasteiger partial charge in [0.05, 0.1) is 22.2 Å². The smallest absolute Gasteiger partial charge is 0.341 e. The van der Waals surface area contributed by atoms with Crippen molar-refractivity contribution in [1.82, 2.24) is 4.90 Å². The highest BCUT2D eigenvalue weighted by atomic mass is 35.5. The van der Waals surface area contributed by atoms with Gasteiger partial charge in [0.15, 0.2) is 0 Å². The number of anilines is 1. The number of fused-ring (bicyclic) bond motifs is 1. The van der Waals surface area contributed by atoms with Gasteiger partial charge >= 0.3 is 5.97 Å². The Morgan fingerprint density at radius 1 is 1.31 bits per heavy atom. The van der Waals surface area contributed by atoms with Gasteiger partial charge in [-0.2, -0.15) is 0 Å². The Bertz CT molecular complexity index is 866. The van der Waals surface area contributed by atoms with E-state index in [1.165, 1.54) is 17.4 Å². The third-order valence-corrected chi connectivity index (χ3v) is 6.01. The molecule has 2 aromatic rings. The van der Waals surface area contributed by atoms with Crippen LogP contribution in [0.3, 0.4) is 0 Å². The number of carbonyl (C=O) groups is 2. The number of carbonyl (C=O) groups excluding carboxylic acids is 2. The van der Waals surface area contributed by atoms with Crippen LogP contribution >= 0.6 is 34.5 Å². The molecule has 1 aromatic heterocycles. The fraction of sp³-hybridized carbons (Fsp3) is 0.333. The number of ether oxygens (including phenoxy) is 1. The normalized spacial score (nSPS) is 14.0. The predicted octanol–water partition coefficient (Wildman–Crippen LogP) is 4.47. The topological polar surface area (TPSA) is 58.6 Å². The van der Waals surface area contributed by atoms with Crippen LogP contribution in [0.1, 0.15) is 38.1 Å². The molecule has 0 unspecified atom stereocenters. The minimum atomic E-state index is -0.404. The molecule has 2 heterocycles. The molecule has 1 N–H and O–H groups in total. The first kappa shape index (κ1) is 19.2. The molecule has 8 heteroatoms. The minimum absolute atomic E-state index is 0.281. The Morgan fingerprint density at radius 2 is 2.08 bits per heavy atom. The molecule has 1 aliphatic heterocycles. The number of halogens is 2. The van der Waals surface area contributed by atoms with E-state index in [-0.39, 0.29) is 12.5 Å². The zero-order valence-electron chi connectivity index (χ0n) is 14.4. The largest absolute Gasteiger partial charge is 0.462 e. The molecule has 0 bridgehead atoms. The number of benzene rings is 1. The van der Waals surface area contributed by atoms with Crippen LogP contribution in [0.5, 0.6) is 0 Å². The lowest BCUT2D eigenvalue weighted by atomic mass is 10.0. The number of nitrogens with one attached hydrogen (secondary N) is 1. The van der Waals surface area contributed by atoms with E-state index in [0.717, 1.165) is 30.0 Å². The van der Waals surface area contributed by atoms with E-state index in [4.69, 9.17) is 27.9 Å². The summed E-state index contributed by atoms with van der Waals surface area (Å²) in [6.45, 7) is 3.65. The van der Waals surface area contributed by atoms with Crippen molar-refractivity contribution in [2.24, 2.45) is 0 Å². The van der Waals surface area contributed by atoms with E-state index in [1.54, 1.807) is 19.1 Å². The van der Waals surface area contributed by atoms with Gasteiger partial charge in [-0.3, -0.25) is 4.79 Å². The maximum Gasteiger partial charge on any atom is 0.341 e. The number of nitrogens with zero attached hydrogens (tertiary/aromatic N) is 1. The molecule has 0 radical (unpaired) electrons. The number of thiophene rings is 1. The molecule has 5 nitrogen and oxygen atoms in total. The van der Waals surface area contributed by atoms with Gasteiger partial charge in [-0.25, -0.2) is 4.79 Å². The number of amides is 1. The summed E-state index contributed by atoms with van der Waals surface area (Å²) in [5, 5.41) is 4.04. The SMILES string of the molecule is CCOC(=O)c1c(NC(=O)c2ccc(Cl)c(Cl)c2)sc2c1CCN(C)C2. The molecule has 138 valence electrons. The summed E-state index contributed by atoms with van der Waals surface area (Å²) >= 11 is 13.3. The minimum Gasteiger partial charge on any atom is -0.462 e. The highest BCUT2D eigenvalue weighted by molar-refractivity contribution is 7.17. The van der Waals surface area contributed by atoms with Crippen LogP contribution in [0.2, 0.25) is 10.0 Å². The summed E-state index contributed by atoms with van der Waals surface area (Å²) in [5.41, 5.74) is 1.81. The van der Waals surface area contributed by atoms with Crippen LogP contribution in [0.25, 0.3) is 0 Å². The molecule has 0 atom stereocenters. The molecule has 0 spiro atoms. The number of hydrogen-bond acceptors (Lipinski definition) is 5. The van der Waals surface area contributed by atoms with Gasteiger partial charge in [-0.15, -0.1) is 11.3 Å². The fourth-order valence-corrected chi connectivity index (χ4v) is 4.46. The van der Waals surface area contributed by atoms with Crippen LogP contribution in [0.4, 0.5) is 5.00 Å². The van der Waals surface area contributed by atoms with Gasteiger partial charge in [0.25, 0.3) is 5.91 Å². The lowest BCUT2D eigenvalue weighted by molar-refractivity contribution is 0.0526. The quantitative estimate of drug-likeness (QED) is 0.752. The van der Waals surface area contributed by atoms with Gasteiger partial charge in [0.2, 0.25) is 0 Å². The summed E-state index contributed by atoms with van der Waals surface area (Å²) < 4.78 is 5.21. The maximum absolute atomic E-state index is 12.6. The molecule has 0 saturated carbocycles. The zero-order valence-corrected chi connectivity index (χ0v) is 16.7. The first-order chi connectivity index (χ1) is 12.4. The summed E-state index contributed by atoms with van der Waals surface area (Å²) in [7, 11) is 2.03. The molecule has 3 rings (SSSR count). The van der Waals surface area contributed by atoms with E-state index >= 15 is 0 Å². The van der Waals surface area contributed by atoms with Crippen LogP contribution in [0.15, 0.2) is 18.2 Å². The first-order valence-corrected chi connectivity index (χ1v) is 9.74. The van der Waals surface area contributed by atoms with Gasteiger partial charge in [0, 0.05) is 23.5 Å². The molecule has 1 aromatic carbocycles. The average molecular weight is 413 g/mol. The van der Waals surface area contributed by atoms with Crippen molar-refractivity contribution >= 4 is 51.4 Å². The predicted molar refractivity (Wildman–Crippen MR) is 105 cm³/mol. The Balaban J connectivity index is 1.94. The van der Waals surface area contributed by atoms with E-state index in [9.17, 15) is 9.59 Å². The second-order valence-electron chi connectivity index (χ2n) is 6.00. The van der Waals surface area contributed by atoms with Crippen molar-refractivity contribution in [3.05, 3.63) is 49.8 Å². The molecule has 1 amide bonds. The van der Waals surface area contributed by atoms with Gasteiger partial charge in [0.1, 0.15) is 5.00 Å². The van der Waals surface area contributed by atoms with E-state index in [1.807, 2.05) is 7.05 Å². The zero-order chi connectivity index (χ0) is 18.8. The summed E-state index contributed by atoms with van der Waals surface area (Å²) in [4.78, 5) is 28.4. The number of likely N-dealkylation sites (N-methyl/N-ethyl adjacent to an activating group) is 1. The van der Waals surface area contributed by atoms with Crippen molar-refractivity contribution in [1.29, 1.82) is 0 Å². The van der Waals surface area contributed by atoms with Gasteiger partial charge in [-0.1, -0.05) is 23.2 Å². The van der Waals surface area contributed by atoms with Crippen LogP contribution in [-0.4, -0.2) is 37.0 Å². The first-order valence-electron chi connectivity index (χ1n) is 8.17. The van der Waals surface area contributed by atoms with Gasteiger partial charge in [-0.05, 0) is 44.2 Å². The van der Waals surface area contributed by atoms with Crippen LogP contribution in [0, 0.1) is 0 Å².